The highest BCUT2D eigenvalue weighted by atomic mass is 16.7. The van der Waals surface area contributed by atoms with Crippen molar-refractivity contribution < 1.29 is 9.77 Å². The van der Waals surface area contributed by atoms with Crippen LogP contribution in [0.25, 0.3) is 0 Å². The lowest BCUT2D eigenvalue weighted by molar-refractivity contribution is -0.485. The molecule has 0 aromatic heterocycles. The smallest absolute Gasteiger partial charge is 0.291 e. The molecule has 1 heterocycles. The first kappa shape index (κ1) is 9.39. The van der Waals surface area contributed by atoms with E-state index < -0.39 is 11.3 Å². The van der Waals surface area contributed by atoms with E-state index in [1.807, 2.05) is 6.92 Å². The van der Waals surface area contributed by atoms with Crippen molar-refractivity contribution in [1.29, 1.82) is 0 Å². The van der Waals surface area contributed by atoms with Gasteiger partial charge in [0.25, 0.3) is 5.96 Å². The highest BCUT2D eigenvalue weighted by molar-refractivity contribution is 5.85. The summed E-state index contributed by atoms with van der Waals surface area (Å²) in [5.74, 6) is -0.0362. The van der Waals surface area contributed by atoms with E-state index in [-0.39, 0.29) is 5.96 Å². The van der Waals surface area contributed by atoms with Crippen molar-refractivity contribution in [3.63, 3.8) is 0 Å². The first-order valence-electron chi connectivity index (χ1n) is 3.62. The quantitative estimate of drug-likeness (QED) is 0.439. The second kappa shape index (κ2) is 4.36. The Morgan fingerprint density at radius 3 is 3.31 bits per heavy atom. The number of ether oxygens (including phenoxy) is 1. The van der Waals surface area contributed by atoms with Gasteiger partial charge in [-0.1, -0.05) is 0 Å². The van der Waals surface area contributed by atoms with Crippen LogP contribution >= 0.6 is 0 Å². The fourth-order valence-corrected chi connectivity index (χ4v) is 0.768. The SMILES string of the molecule is CCOC1C=NNC(=N[N+](=O)[O-])N1. The molecule has 0 saturated heterocycles. The van der Waals surface area contributed by atoms with Crippen LogP contribution in [0, 0.1) is 10.1 Å². The molecule has 72 valence electrons. The Balaban J connectivity index is 2.55. The molecule has 1 atom stereocenters. The molecule has 0 aliphatic carbocycles. The number of hydrogen-bond donors (Lipinski definition) is 2. The summed E-state index contributed by atoms with van der Waals surface area (Å²) in [7, 11) is 0. The zero-order valence-electron chi connectivity index (χ0n) is 6.93. The standard InChI is InChI=1S/C5H9N5O3/c1-2-13-4-3-6-8-5(7-4)9-10(11)12/h3-4H,2H2,1H3,(H2,7,8,9). The Bertz CT molecular complexity index is 251. The van der Waals surface area contributed by atoms with E-state index in [2.05, 4.69) is 20.9 Å². The third-order valence-corrected chi connectivity index (χ3v) is 1.19. The zero-order chi connectivity index (χ0) is 9.68. The van der Waals surface area contributed by atoms with Gasteiger partial charge in [0.2, 0.25) is 0 Å². The van der Waals surface area contributed by atoms with Gasteiger partial charge in [-0.3, -0.25) is 0 Å². The first-order valence-corrected chi connectivity index (χ1v) is 3.62. The van der Waals surface area contributed by atoms with Crippen LogP contribution in [-0.2, 0) is 4.74 Å². The van der Waals surface area contributed by atoms with Crippen molar-refractivity contribution in [3.05, 3.63) is 10.1 Å². The Morgan fingerprint density at radius 2 is 2.69 bits per heavy atom. The molecule has 0 aromatic rings. The fraction of sp³-hybridized carbons (Fsp3) is 0.600. The summed E-state index contributed by atoms with van der Waals surface area (Å²) in [6.45, 7) is 2.29. The van der Waals surface area contributed by atoms with E-state index in [0.29, 0.717) is 6.61 Å². The average Bonchev–Trinajstić information content (AvgIpc) is 2.04. The van der Waals surface area contributed by atoms with Gasteiger partial charge in [0.15, 0.2) is 11.3 Å². The largest absolute Gasteiger partial charge is 0.353 e. The summed E-state index contributed by atoms with van der Waals surface area (Å²) in [6, 6.07) is 0. The van der Waals surface area contributed by atoms with Crippen molar-refractivity contribution >= 4 is 12.2 Å². The molecule has 1 rings (SSSR count). The van der Waals surface area contributed by atoms with Crippen LogP contribution in [0.2, 0.25) is 0 Å². The molecule has 0 saturated carbocycles. The summed E-state index contributed by atoms with van der Waals surface area (Å²) in [5.41, 5.74) is 2.33. The molecule has 2 N–H and O–H groups in total. The van der Waals surface area contributed by atoms with Crippen molar-refractivity contribution in [2.45, 2.75) is 13.2 Å². The van der Waals surface area contributed by atoms with Gasteiger partial charge in [0.05, 0.1) is 6.21 Å². The van der Waals surface area contributed by atoms with Crippen LogP contribution in [0.1, 0.15) is 6.92 Å². The topological polar surface area (TPSA) is 101 Å². The lowest BCUT2D eigenvalue weighted by Crippen LogP contribution is -2.48. The van der Waals surface area contributed by atoms with Crippen LogP contribution < -0.4 is 10.7 Å². The summed E-state index contributed by atoms with van der Waals surface area (Å²) in [4.78, 5) is 9.98. The lowest BCUT2D eigenvalue weighted by Gasteiger charge is -2.18. The minimum Gasteiger partial charge on any atom is -0.353 e. The molecule has 0 radical (unpaired) electrons. The number of nitrogens with one attached hydrogen (secondary N) is 2. The predicted molar refractivity (Wildman–Crippen MR) is 44.6 cm³/mol. The molecule has 8 heteroatoms. The summed E-state index contributed by atoms with van der Waals surface area (Å²) in [6.07, 6.45) is 0.979. The number of nitro groups is 1. The molecule has 0 bridgehead atoms. The molecule has 13 heavy (non-hydrogen) atoms. The van der Waals surface area contributed by atoms with Gasteiger partial charge in [0.1, 0.15) is 5.10 Å². The van der Waals surface area contributed by atoms with Crippen molar-refractivity contribution in [2.24, 2.45) is 10.2 Å². The monoisotopic (exact) mass is 187 g/mol. The number of nitrogens with zero attached hydrogens (tertiary/aromatic N) is 3. The normalized spacial score (nSPS) is 23.8. The fourth-order valence-electron chi connectivity index (χ4n) is 0.768. The summed E-state index contributed by atoms with van der Waals surface area (Å²) >= 11 is 0. The van der Waals surface area contributed by atoms with Gasteiger partial charge in [-0.15, -0.1) is 0 Å². The molecule has 0 aromatic carbocycles. The molecule has 1 aliphatic rings. The Kier molecular flexibility index (Phi) is 3.15. The van der Waals surface area contributed by atoms with Gasteiger partial charge < -0.3 is 10.1 Å². The van der Waals surface area contributed by atoms with Crippen molar-refractivity contribution in [2.75, 3.05) is 6.61 Å². The van der Waals surface area contributed by atoms with Crippen molar-refractivity contribution in [3.8, 4) is 0 Å². The highest BCUT2D eigenvalue weighted by Gasteiger charge is 2.14. The van der Waals surface area contributed by atoms with Gasteiger partial charge in [-0.05, 0) is 6.92 Å². The predicted octanol–water partition coefficient (Wildman–Crippen LogP) is -0.925. The maximum absolute atomic E-state index is 9.98. The number of guanidine groups is 1. The maximum Gasteiger partial charge on any atom is 0.291 e. The molecular formula is C5H9N5O3. The Labute approximate surface area is 73.8 Å². The Morgan fingerprint density at radius 1 is 1.92 bits per heavy atom. The van der Waals surface area contributed by atoms with E-state index in [1.165, 1.54) is 6.21 Å². The third kappa shape index (κ3) is 3.03. The molecular weight excluding hydrogens is 178 g/mol. The average molecular weight is 187 g/mol. The molecule has 0 spiro atoms. The summed E-state index contributed by atoms with van der Waals surface area (Å²) in [5, 5.41) is 18.4. The van der Waals surface area contributed by atoms with Crippen LogP contribution in [0.3, 0.4) is 0 Å². The lowest BCUT2D eigenvalue weighted by atomic mass is 10.6. The first-order chi connectivity index (χ1) is 6.22. The van der Waals surface area contributed by atoms with Gasteiger partial charge in [-0.2, -0.15) is 5.10 Å². The number of hydrogen-bond acceptors (Lipinski definition) is 4. The number of rotatable bonds is 3. The van der Waals surface area contributed by atoms with E-state index in [9.17, 15) is 10.1 Å². The van der Waals surface area contributed by atoms with E-state index in [1.54, 1.807) is 0 Å². The highest BCUT2D eigenvalue weighted by Crippen LogP contribution is 1.88. The van der Waals surface area contributed by atoms with Crippen LogP contribution in [0.5, 0.6) is 0 Å². The molecule has 1 unspecified atom stereocenters. The van der Waals surface area contributed by atoms with Gasteiger partial charge in [-0.25, -0.2) is 15.5 Å². The molecule has 8 nitrogen and oxygen atoms in total. The summed E-state index contributed by atoms with van der Waals surface area (Å²) < 4.78 is 5.09. The minimum atomic E-state index is -0.820. The minimum absolute atomic E-state index is 0.0362. The maximum atomic E-state index is 9.98. The third-order valence-electron chi connectivity index (χ3n) is 1.19. The number of hydrazone groups is 2. The van der Waals surface area contributed by atoms with Crippen molar-refractivity contribution in [1.82, 2.24) is 10.7 Å². The second-order valence-corrected chi connectivity index (χ2v) is 2.10. The van der Waals surface area contributed by atoms with E-state index in [0.717, 1.165) is 0 Å². The van der Waals surface area contributed by atoms with Crippen LogP contribution in [-0.4, -0.2) is 30.0 Å². The van der Waals surface area contributed by atoms with E-state index >= 15 is 0 Å². The molecule has 0 amide bonds. The zero-order valence-corrected chi connectivity index (χ0v) is 6.93. The second-order valence-electron chi connectivity index (χ2n) is 2.10. The van der Waals surface area contributed by atoms with Crippen LogP contribution in [0.15, 0.2) is 10.2 Å². The van der Waals surface area contributed by atoms with E-state index in [4.69, 9.17) is 4.74 Å². The van der Waals surface area contributed by atoms with Crippen LogP contribution in [0.4, 0.5) is 0 Å². The molecule has 1 aliphatic heterocycles. The molecule has 0 fully saturated rings. The van der Waals surface area contributed by atoms with Gasteiger partial charge >= 0.3 is 0 Å². The van der Waals surface area contributed by atoms with Gasteiger partial charge in [0, 0.05) is 6.61 Å². The Hall–Kier alpha value is -1.70.